The van der Waals surface area contributed by atoms with Crippen molar-refractivity contribution in [2.45, 2.75) is 33.7 Å². The maximum Gasteiger partial charge on any atom is 0.246 e. The first-order valence-corrected chi connectivity index (χ1v) is 7.27. The summed E-state index contributed by atoms with van der Waals surface area (Å²) in [5.74, 6) is -0.532. The second-order valence-electron chi connectivity index (χ2n) is 5.70. The fourth-order valence-electron chi connectivity index (χ4n) is 2.29. The molecule has 0 saturated carbocycles. The predicted molar refractivity (Wildman–Crippen MR) is 88.8 cm³/mol. The van der Waals surface area contributed by atoms with Gasteiger partial charge in [0.2, 0.25) is 5.91 Å². The zero-order valence-corrected chi connectivity index (χ0v) is 13.3. The number of benzene rings is 2. The van der Waals surface area contributed by atoms with Crippen LogP contribution in [0.25, 0.3) is 0 Å². The first kappa shape index (κ1) is 16.0. The number of hydrogen-bond acceptors (Lipinski definition) is 2. The van der Waals surface area contributed by atoms with Crippen LogP contribution in [0.5, 0.6) is 0 Å². The molecule has 1 atom stereocenters. The Hall–Kier alpha value is -2.36. The third-order valence-electron chi connectivity index (χ3n) is 3.44. The Labute approximate surface area is 130 Å². The quantitative estimate of drug-likeness (QED) is 0.889. The van der Waals surface area contributed by atoms with Crippen LogP contribution in [0.4, 0.5) is 15.8 Å². The molecular formula is C18H21FN2O. The van der Waals surface area contributed by atoms with Crippen LogP contribution in [-0.2, 0) is 4.79 Å². The predicted octanol–water partition coefficient (Wildman–Crippen LogP) is 4.19. The molecular weight excluding hydrogens is 279 g/mol. The number of anilines is 2. The van der Waals surface area contributed by atoms with E-state index in [-0.39, 0.29) is 11.7 Å². The largest absolute Gasteiger partial charge is 0.374 e. The molecule has 0 aliphatic heterocycles. The zero-order chi connectivity index (χ0) is 16.3. The van der Waals surface area contributed by atoms with Gasteiger partial charge in [-0.2, -0.15) is 0 Å². The molecule has 2 rings (SSSR count). The van der Waals surface area contributed by atoms with Crippen LogP contribution in [0.3, 0.4) is 0 Å². The molecule has 2 N–H and O–H groups in total. The maximum absolute atomic E-state index is 13.5. The lowest BCUT2D eigenvalue weighted by atomic mass is 10.1. The summed E-state index contributed by atoms with van der Waals surface area (Å²) in [5, 5.41) is 5.88. The van der Waals surface area contributed by atoms with Gasteiger partial charge in [0.05, 0.1) is 0 Å². The normalized spacial score (nSPS) is 11.9. The van der Waals surface area contributed by atoms with Crippen molar-refractivity contribution in [3.05, 3.63) is 58.9 Å². The second kappa shape index (κ2) is 6.60. The van der Waals surface area contributed by atoms with Gasteiger partial charge < -0.3 is 10.6 Å². The van der Waals surface area contributed by atoms with Crippen LogP contribution in [0.1, 0.15) is 23.6 Å². The number of carbonyl (C=O) groups is 1. The van der Waals surface area contributed by atoms with Crippen LogP contribution < -0.4 is 10.6 Å². The van der Waals surface area contributed by atoms with E-state index in [1.807, 2.05) is 26.0 Å². The van der Waals surface area contributed by atoms with Gasteiger partial charge in [-0.25, -0.2) is 4.39 Å². The summed E-state index contributed by atoms with van der Waals surface area (Å²) in [7, 11) is 0. The van der Waals surface area contributed by atoms with Crippen molar-refractivity contribution in [2.24, 2.45) is 0 Å². The molecule has 4 heteroatoms. The smallest absolute Gasteiger partial charge is 0.246 e. The number of carbonyl (C=O) groups excluding carboxylic acids is 1. The fourth-order valence-corrected chi connectivity index (χ4v) is 2.29. The lowest BCUT2D eigenvalue weighted by molar-refractivity contribution is -0.116. The van der Waals surface area contributed by atoms with Gasteiger partial charge >= 0.3 is 0 Å². The van der Waals surface area contributed by atoms with Crippen LogP contribution >= 0.6 is 0 Å². The third kappa shape index (κ3) is 4.07. The molecule has 0 aliphatic carbocycles. The molecule has 0 spiro atoms. The topological polar surface area (TPSA) is 41.1 Å². The molecule has 1 unspecified atom stereocenters. The number of hydrogen-bond donors (Lipinski definition) is 2. The van der Waals surface area contributed by atoms with E-state index in [9.17, 15) is 9.18 Å². The zero-order valence-electron chi connectivity index (χ0n) is 13.3. The molecule has 22 heavy (non-hydrogen) atoms. The average molecular weight is 300 g/mol. The molecule has 0 radical (unpaired) electrons. The van der Waals surface area contributed by atoms with Gasteiger partial charge in [0.25, 0.3) is 0 Å². The molecule has 0 aromatic heterocycles. The molecule has 116 valence electrons. The van der Waals surface area contributed by atoms with Crippen molar-refractivity contribution in [1.29, 1.82) is 0 Å². The first-order chi connectivity index (χ1) is 10.3. The third-order valence-corrected chi connectivity index (χ3v) is 3.44. The van der Waals surface area contributed by atoms with Gasteiger partial charge in [-0.05, 0) is 68.7 Å². The van der Waals surface area contributed by atoms with E-state index in [0.717, 1.165) is 16.8 Å². The Kier molecular flexibility index (Phi) is 4.81. The minimum atomic E-state index is -0.425. The number of nitrogens with one attached hydrogen (secondary N) is 2. The van der Waals surface area contributed by atoms with E-state index >= 15 is 0 Å². The monoisotopic (exact) mass is 300 g/mol. The standard InChI is InChI=1S/C18H21FN2O/c1-11-7-12(2)9-16(8-11)20-14(4)18(22)21-15-6-5-13(3)17(19)10-15/h5-10,14,20H,1-4H3,(H,21,22). The summed E-state index contributed by atoms with van der Waals surface area (Å²) in [6.45, 7) is 7.48. The average Bonchev–Trinajstić information content (AvgIpc) is 2.41. The van der Waals surface area contributed by atoms with Gasteiger partial charge in [0, 0.05) is 11.4 Å². The van der Waals surface area contributed by atoms with E-state index in [1.165, 1.54) is 6.07 Å². The Morgan fingerprint density at radius 1 is 1.00 bits per heavy atom. The van der Waals surface area contributed by atoms with Gasteiger partial charge in [-0.1, -0.05) is 12.1 Å². The first-order valence-electron chi connectivity index (χ1n) is 7.27. The summed E-state index contributed by atoms with van der Waals surface area (Å²) in [6.07, 6.45) is 0. The second-order valence-corrected chi connectivity index (χ2v) is 5.70. The Bertz CT molecular complexity index is 677. The fraction of sp³-hybridized carbons (Fsp3) is 0.278. The van der Waals surface area contributed by atoms with E-state index in [4.69, 9.17) is 0 Å². The van der Waals surface area contributed by atoms with Crippen molar-refractivity contribution < 1.29 is 9.18 Å². The summed E-state index contributed by atoms with van der Waals surface area (Å²) in [4.78, 5) is 12.2. The lowest BCUT2D eigenvalue weighted by Crippen LogP contribution is -2.31. The highest BCUT2D eigenvalue weighted by molar-refractivity contribution is 5.96. The van der Waals surface area contributed by atoms with Gasteiger partial charge in [-0.3, -0.25) is 4.79 Å². The maximum atomic E-state index is 13.5. The minimum Gasteiger partial charge on any atom is -0.374 e. The molecule has 0 aliphatic rings. The van der Waals surface area contributed by atoms with Gasteiger partial charge in [0.15, 0.2) is 0 Å². The van der Waals surface area contributed by atoms with Crippen LogP contribution in [-0.4, -0.2) is 11.9 Å². The molecule has 0 saturated heterocycles. The molecule has 0 heterocycles. The van der Waals surface area contributed by atoms with Crippen molar-refractivity contribution in [1.82, 2.24) is 0 Å². The van der Waals surface area contributed by atoms with E-state index in [1.54, 1.807) is 26.0 Å². The van der Waals surface area contributed by atoms with Crippen LogP contribution in [0.15, 0.2) is 36.4 Å². The summed E-state index contributed by atoms with van der Waals surface area (Å²) < 4.78 is 13.5. The highest BCUT2D eigenvalue weighted by Crippen LogP contribution is 2.16. The number of halogens is 1. The summed E-state index contributed by atoms with van der Waals surface area (Å²) in [6, 6.07) is 10.3. The van der Waals surface area contributed by atoms with Gasteiger partial charge in [-0.15, -0.1) is 0 Å². The SMILES string of the molecule is Cc1cc(C)cc(NC(C)C(=O)Nc2ccc(C)c(F)c2)c1. The Morgan fingerprint density at radius 3 is 2.23 bits per heavy atom. The van der Waals surface area contributed by atoms with Crippen LogP contribution in [0, 0.1) is 26.6 Å². The molecule has 0 fully saturated rings. The molecule has 2 aromatic rings. The summed E-state index contributed by atoms with van der Waals surface area (Å²) >= 11 is 0. The highest BCUT2D eigenvalue weighted by Gasteiger charge is 2.13. The number of aryl methyl sites for hydroxylation is 3. The Balaban J connectivity index is 2.04. The van der Waals surface area contributed by atoms with Crippen LogP contribution in [0.2, 0.25) is 0 Å². The summed E-state index contributed by atoms with van der Waals surface area (Å²) in [5.41, 5.74) is 4.18. The van der Waals surface area contributed by atoms with E-state index < -0.39 is 6.04 Å². The van der Waals surface area contributed by atoms with Crippen molar-refractivity contribution in [2.75, 3.05) is 10.6 Å². The molecule has 1 amide bonds. The van der Waals surface area contributed by atoms with Crippen molar-refractivity contribution in [3.63, 3.8) is 0 Å². The highest BCUT2D eigenvalue weighted by atomic mass is 19.1. The van der Waals surface area contributed by atoms with E-state index in [0.29, 0.717) is 11.3 Å². The number of amides is 1. The van der Waals surface area contributed by atoms with Gasteiger partial charge in [0.1, 0.15) is 11.9 Å². The Morgan fingerprint density at radius 2 is 1.64 bits per heavy atom. The van der Waals surface area contributed by atoms with Crippen molar-refractivity contribution in [3.8, 4) is 0 Å². The number of rotatable bonds is 4. The molecule has 2 aromatic carbocycles. The van der Waals surface area contributed by atoms with Crippen molar-refractivity contribution >= 4 is 17.3 Å². The lowest BCUT2D eigenvalue weighted by Gasteiger charge is -2.16. The molecule has 0 bridgehead atoms. The van der Waals surface area contributed by atoms with E-state index in [2.05, 4.69) is 16.7 Å². The minimum absolute atomic E-state index is 0.206. The molecule has 3 nitrogen and oxygen atoms in total.